The van der Waals surface area contributed by atoms with Crippen molar-refractivity contribution in [3.63, 3.8) is 0 Å². The van der Waals surface area contributed by atoms with Gasteiger partial charge in [-0.15, -0.1) is 11.3 Å². The van der Waals surface area contributed by atoms with Crippen LogP contribution in [0.5, 0.6) is 17.2 Å². The molecule has 152 valence electrons. The van der Waals surface area contributed by atoms with Crippen LogP contribution in [0.15, 0.2) is 45.8 Å². The third kappa shape index (κ3) is 4.42. The zero-order valence-electron chi connectivity index (χ0n) is 16.3. The van der Waals surface area contributed by atoms with Gasteiger partial charge in [0.15, 0.2) is 11.5 Å². The van der Waals surface area contributed by atoms with Crippen molar-refractivity contribution in [2.45, 2.75) is 0 Å². The highest BCUT2D eigenvalue weighted by atomic mass is 35.5. The van der Waals surface area contributed by atoms with Gasteiger partial charge in [0.2, 0.25) is 4.80 Å². The van der Waals surface area contributed by atoms with E-state index in [-0.39, 0.29) is 0 Å². The molecule has 0 fully saturated rings. The minimum Gasteiger partial charge on any atom is -0.496 e. The molecule has 29 heavy (non-hydrogen) atoms. The van der Waals surface area contributed by atoms with E-state index in [2.05, 4.69) is 10.1 Å². The molecule has 0 unspecified atom stereocenters. The second kappa shape index (κ2) is 9.35. The van der Waals surface area contributed by atoms with E-state index in [9.17, 15) is 0 Å². The Morgan fingerprint density at radius 3 is 2.28 bits per heavy atom. The van der Waals surface area contributed by atoms with Crippen LogP contribution in [0.2, 0.25) is 10.0 Å². The van der Waals surface area contributed by atoms with Crippen LogP contribution >= 0.6 is 34.5 Å². The lowest BCUT2D eigenvalue weighted by Crippen LogP contribution is -2.11. The van der Waals surface area contributed by atoms with Crippen molar-refractivity contribution < 1.29 is 14.2 Å². The van der Waals surface area contributed by atoms with Crippen LogP contribution in [0.1, 0.15) is 5.56 Å². The van der Waals surface area contributed by atoms with Crippen molar-refractivity contribution in [3.05, 3.63) is 56.1 Å². The maximum atomic E-state index is 6.40. The smallest absolute Gasteiger partial charge is 0.205 e. The third-order valence-electron chi connectivity index (χ3n) is 4.13. The average Bonchev–Trinajstić information content (AvgIpc) is 3.14. The van der Waals surface area contributed by atoms with E-state index in [1.165, 1.54) is 11.3 Å². The zero-order chi connectivity index (χ0) is 21.0. The summed E-state index contributed by atoms with van der Waals surface area (Å²) in [6.07, 6.45) is 1.68. The van der Waals surface area contributed by atoms with Crippen LogP contribution in [0.3, 0.4) is 0 Å². The van der Waals surface area contributed by atoms with Crippen LogP contribution in [-0.4, -0.2) is 39.3 Å². The molecule has 0 radical (unpaired) electrons. The van der Waals surface area contributed by atoms with E-state index in [1.807, 2.05) is 11.4 Å². The summed E-state index contributed by atoms with van der Waals surface area (Å²) in [5, 5.41) is 7.67. The van der Waals surface area contributed by atoms with Gasteiger partial charge in [-0.1, -0.05) is 23.2 Å². The first-order valence-electron chi connectivity index (χ1n) is 8.45. The van der Waals surface area contributed by atoms with Crippen molar-refractivity contribution in [1.82, 2.24) is 4.68 Å². The van der Waals surface area contributed by atoms with E-state index < -0.39 is 0 Å². The molecule has 9 heteroatoms. The lowest BCUT2D eigenvalue weighted by atomic mass is 10.2. The molecule has 6 nitrogen and oxygen atoms in total. The molecule has 0 aliphatic heterocycles. The summed E-state index contributed by atoms with van der Waals surface area (Å²) >= 11 is 13.9. The highest BCUT2D eigenvalue weighted by Gasteiger charge is 2.13. The van der Waals surface area contributed by atoms with E-state index >= 15 is 0 Å². The summed E-state index contributed by atoms with van der Waals surface area (Å²) in [4.78, 5) is 5.01. The highest BCUT2D eigenvalue weighted by Crippen LogP contribution is 2.34. The van der Waals surface area contributed by atoms with Gasteiger partial charge < -0.3 is 14.2 Å². The number of rotatable bonds is 6. The Kier molecular flexibility index (Phi) is 6.84. The van der Waals surface area contributed by atoms with E-state index in [4.69, 9.17) is 37.4 Å². The number of aromatic nitrogens is 1. The van der Waals surface area contributed by atoms with Crippen molar-refractivity contribution in [3.8, 4) is 28.5 Å². The summed E-state index contributed by atoms with van der Waals surface area (Å²) in [6.45, 7) is 0. The van der Waals surface area contributed by atoms with Crippen molar-refractivity contribution in [1.29, 1.82) is 0 Å². The predicted molar refractivity (Wildman–Crippen MR) is 118 cm³/mol. The molecule has 1 heterocycles. The standard InChI is InChI=1S/C20H19Cl2N3O3S/c1-23-20-25(16(11-29-20)14-6-5-13(21)8-15(14)22)24-10-12-7-18(27-3)19(28-4)9-17(12)26-2/h5-11H,1-4H3. The second-order valence-corrected chi connectivity index (χ2v) is 7.44. The topological polar surface area (TPSA) is 57.3 Å². The summed E-state index contributed by atoms with van der Waals surface area (Å²) in [5.74, 6) is 1.75. The van der Waals surface area contributed by atoms with Gasteiger partial charge in [-0.2, -0.15) is 5.10 Å². The Bertz CT molecular complexity index is 1120. The quantitative estimate of drug-likeness (QED) is 0.497. The number of benzene rings is 2. The van der Waals surface area contributed by atoms with E-state index in [0.717, 1.165) is 16.8 Å². The van der Waals surface area contributed by atoms with Crippen molar-refractivity contribution >= 4 is 40.8 Å². The minimum atomic E-state index is 0.533. The molecule has 3 rings (SSSR count). The molecule has 0 bridgehead atoms. The molecular formula is C20H19Cl2N3O3S. The molecule has 2 aromatic carbocycles. The highest BCUT2D eigenvalue weighted by molar-refractivity contribution is 7.07. The molecule has 0 spiro atoms. The number of halogens is 2. The molecule has 0 atom stereocenters. The molecule has 0 saturated carbocycles. The lowest BCUT2D eigenvalue weighted by molar-refractivity contribution is 0.349. The number of hydrogen-bond acceptors (Lipinski definition) is 6. The maximum absolute atomic E-state index is 6.40. The molecular weight excluding hydrogens is 433 g/mol. The Hall–Kier alpha value is -2.48. The van der Waals surface area contributed by atoms with Gasteiger partial charge >= 0.3 is 0 Å². The van der Waals surface area contributed by atoms with Gasteiger partial charge in [0.05, 0.1) is 38.3 Å². The van der Waals surface area contributed by atoms with Crippen molar-refractivity contribution in [2.24, 2.45) is 10.1 Å². The van der Waals surface area contributed by atoms with Gasteiger partial charge in [-0.25, -0.2) is 4.68 Å². The molecule has 0 aliphatic carbocycles. The van der Waals surface area contributed by atoms with E-state index in [0.29, 0.717) is 32.1 Å². The number of ether oxygens (including phenoxy) is 3. The monoisotopic (exact) mass is 451 g/mol. The van der Waals surface area contributed by atoms with Gasteiger partial charge in [0, 0.05) is 34.6 Å². The Morgan fingerprint density at radius 1 is 0.966 bits per heavy atom. The summed E-state index contributed by atoms with van der Waals surface area (Å²) in [6, 6.07) is 8.89. The average molecular weight is 452 g/mol. The Labute approximate surface area is 182 Å². The van der Waals surface area contributed by atoms with Crippen LogP contribution in [0.4, 0.5) is 0 Å². The largest absolute Gasteiger partial charge is 0.496 e. The molecule has 0 aliphatic rings. The zero-order valence-corrected chi connectivity index (χ0v) is 18.6. The molecule has 0 saturated heterocycles. The number of hydrogen-bond donors (Lipinski definition) is 0. The molecule has 3 aromatic rings. The number of nitrogens with zero attached hydrogens (tertiary/aromatic N) is 3. The van der Waals surface area contributed by atoms with Crippen LogP contribution in [-0.2, 0) is 0 Å². The summed E-state index contributed by atoms with van der Waals surface area (Å²) < 4.78 is 17.9. The SMILES string of the molecule is CN=c1scc(-c2ccc(Cl)cc2Cl)n1N=Cc1cc(OC)c(OC)cc1OC. The molecule has 0 amide bonds. The Morgan fingerprint density at radius 2 is 1.66 bits per heavy atom. The number of methoxy groups -OCH3 is 3. The minimum absolute atomic E-state index is 0.533. The third-order valence-corrected chi connectivity index (χ3v) is 5.59. The first-order valence-corrected chi connectivity index (χ1v) is 10.1. The fourth-order valence-corrected chi connectivity index (χ4v) is 4.02. The number of thiazole rings is 1. The van der Waals surface area contributed by atoms with Crippen LogP contribution in [0, 0.1) is 0 Å². The summed E-state index contributed by atoms with van der Waals surface area (Å²) in [5.41, 5.74) is 2.32. The predicted octanol–water partition coefficient (Wildman–Crippen LogP) is 4.96. The summed E-state index contributed by atoms with van der Waals surface area (Å²) in [7, 11) is 6.45. The van der Waals surface area contributed by atoms with Crippen LogP contribution in [0.25, 0.3) is 11.3 Å². The fourth-order valence-electron chi connectivity index (χ4n) is 2.72. The van der Waals surface area contributed by atoms with Gasteiger partial charge in [0.1, 0.15) is 5.75 Å². The lowest BCUT2D eigenvalue weighted by Gasteiger charge is -2.12. The normalized spacial score (nSPS) is 11.9. The first-order chi connectivity index (χ1) is 14.0. The van der Waals surface area contributed by atoms with E-state index in [1.54, 1.807) is 63.5 Å². The van der Waals surface area contributed by atoms with Crippen molar-refractivity contribution in [2.75, 3.05) is 28.4 Å². The molecule has 0 N–H and O–H groups in total. The van der Waals surface area contributed by atoms with Gasteiger partial charge in [0.25, 0.3) is 0 Å². The van der Waals surface area contributed by atoms with Crippen LogP contribution < -0.4 is 19.0 Å². The first kappa shape index (κ1) is 21.2. The fraction of sp³-hybridized carbons (Fsp3) is 0.200. The Balaban J connectivity index is 2.12. The van der Waals surface area contributed by atoms with Gasteiger partial charge in [-0.3, -0.25) is 4.99 Å². The maximum Gasteiger partial charge on any atom is 0.205 e. The van der Waals surface area contributed by atoms with Gasteiger partial charge in [-0.05, 0) is 24.3 Å². The second-order valence-electron chi connectivity index (χ2n) is 5.76. The molecule has 1 aromatic heterocycles.